The number of carbonyl (C=O) groups excluding carboxylic acids is 1. The van der Waals surface area contributed by atoms with Crippen molar-refractivity contribution in [1.29, 1.82) is 0 Å². The number of benzene rings is 1. The largest absolute Gasteiger partial charge is 0.467 e. The van der Waals surface area contributed by atoms with Gasteiger partial charge < -0.3 is 15.1 Å². The van der Waals surface area contributed by atoms with Crippen molar-refractivity contribution < 1.29 is 9.21 Å². The van der Waals surface area contributed by atoms with Crippen LogP contribution in [0.25, 0.3) is 0 Å². The van der Waals surface area contributed by atoms with Gasteiger partial charge >= 0.3 is 0 Å². The highest BCUT2D eigenvalue weighted by atomic mass is 32.2. The number of anilines is 1. The van der Waals surface area contributed by atoms with Crippen LogP contribution in [-0.2, 0) is 4.79 Å². The van der Waals surface area contributed by atoms with Crippen molar-refractivity contribution in [3.8, 4) is 0 Å². The molecule has 2 aromatic rings. The second kappa shape index (κ2) is 7.79. The number of amides is 1. The fourth-order valence-corrected chi connectivity index (χ4v) is 3.41. The minimum Gasteiger partial charge on any atom is -0.467 e. The maximum absolute atomic E-state index is 12.1. The molecule has 130 valence electrons. The summed E-state index contributed by atoms with van der Waals surface area (Å²) in [5.74, 6) is 0.689. The van der Waals surface area contributed by atoms with Crippen LogP contribution in [0.5, 0.6) is 0 Å². The molecular formula is C19H26N2O2S. The van der Waals surface area contributed by atoms with E-state index in [1.54, 1.807) is 6.26 Å². The van der Waals surface area contributed by atoms with E-state index in [2.05, 4.69) is 50.5 Å². The van der Waals surface area contributed by atoms with Crippen molar-refractivity contribution >= 4 is 23.4 Å². The van der Waals surface area contributed by atoms with Gasteiger partial charge in [-0.3, -0.25) is 4.79 Å². The lowest BCUT2D eigenvalue weighted by atomic mass is 10.2. The van der Waals surface area contributed by atoms with Crippen molar-refractivity contribution in [1.82, 2.24) is 5.32 Å². The molecule has 0 aliphatic heterocycles. The number of thioether (sulfide) groups is 1. The van der Waals surface area contributed by atoms with Gasteiger partial charge in [0.05, 0.1) is 18.8 Å². The van der Waals surface area contributed by atoms with Gasteiger partial charge in [-0.2, -0.15) is 0 Å². The van der Waals surface area contributed by atoms with Crippen molar-refractivity contribution in [2.45, 2.75) is 50.3 Å². The molecule has 1 amide bonds. The SMILES string of the molecule is Cc1cc(SC(C)(C)C)ccc1NCC(=O)NC(C)c1ccco1. The standard InChI is InChI=1S/C19H26N2O2S/c1-13-11-15(24-19(3,4)5)8-9-16(13)20-12-18(22)21-14(2)17-7-6-10-23-17/h6-11,14,20H,12H2,1-5H3,(H,21,22). The fourth-order valence-electron chi connectivity index (χ4n) is 2.33. The number of carbonyl (C=O) groups is 1. The quantitative estimate of drug-likeness (QED) is 0.740. The Bertz CT molecular complexity index is 675. The van der Waals surface area contributed by atoms with Crippen LogP contribution >= 0.6 is 11.8 Å². The molecule has 0 saturated heterocycles. The first-order valence-electron chi connectivity index (χ1n) is 8.11. The first-order valence-corrected chi connectivity index (χ1v) is 8.92. The molecule has 1 heterocycles. The smallest absolute Gasteiger partial charge is 0.239 e. The Morgan fingerprint density at radius 1 is 1.29 bits per heavy atom. The molecular weight excluding hydrogens is 320 g/mol. The molecule has 0 bridgehead atoms. The Morgan fingerprint density at radius 3 is 2.62 bits per heavy atom. The van der Waals surface area contributed by atoms with Gasteiger partial charge in [-0.1, -0.05) is 20.8 Å². The van der Waals surface area contributed by atoms with Crippen LogP contribution < -0.4 is 10.6 Å². The normalized spacial score (nSPS) is 12.7. The maximum Gasteiger partial charge on any atom is 0.239 e. The van der Waals surface area contributed by atoms with E-state index >= 15 is 0 Å². The summed E-state index contributed by atoms with van der Waals surface area (Å²) in [5.41, 5.74) is 2.12. The monoisotopic (exact) mass is 346 g/mol. The predicted octanol–water partition coefficient (Wildman–Crippen LogP) is 4.77. The van der Waals surface area contributed by atoms with Crippen LogP contribution in [0.15, 0.2) is 45.9 Å². The topological polar surface area (TPSA) is 54.3 Å². The lowest BCUT2D eigenvalue weighted by Gasteiger charge is -2.19. The van der Waals surface area contributed by atoms with Crippen LogP contribution in [0.2, 0.25) is 0 Å². The highest BCUT2D eigenvalue weighted by molar-refractivity contribution is 8.00. The minimum absolute atomic E-state index is 0.0635. The predicted molar refractivity (Wildman–Crippen MR) is 101 cm³/mol. The van der Waals surface area contributed by atoms with Gasteiger partial charge in [0, 0.05) is 15.3 Å². The van der Waals surface area contributed by atoms with Gasteiger partial charge in [0.1, 0.15) is 5.76 Å². The number of aryl methyl sites for hydroxylation is 1. The average molecular weight is 346 g/mol. The van der Waals surface area contributed by atoms with Crippen LogP contribution in [0, 0.1) is 6.92 Å². The Balaban J connectivity index is 1.88. The summed E-state index contributed by atoms with van der Waals surface area (Å²) in [6.07, 6.45) is 1.61. The number of nitrogens with one attached hydrogen (secondary N) is 2. The molecule has 2 N–H and O–H groups in total. The van der Waals surface area contributed by atoms with Gasteiger partial charge in [-0.05, 0) is 49.7 Å². The molecule has 1 atom stereocenters. The molecule has 0 radical (unpaired) electrons. The van der Waals surface area contributed by atoms with E-state index in [4.69, 9.17) is 4.42 Å². The van der Waals surface area contributed by atoms with Crippen LogP contribution in [0.1, 0.15) is 45.1 Å². The lowest BCUT2D eigenvalue weighted by Crippen LogP contribution is -2.32. The van der Waals surface area contributed by atoms with Gasteiger partial charge in [0.15, 0.2) is 0 Å². The third-order valence-electron chi connectivity index (χ3n) is 3.41. The Kier molecular flexibility index (Phi) is 5.99. The van der Waals surface area contributed by atoms with E-state index in [-0.39, 0.29) is 23.2 Å². The third kappa shape index (κ3) is 5.64. The van der Waals surface area contributed by atoms with E-state index in [9.17, 15) is 4.79 Å². The van der Waals surface area contributed by atoms with E-state index < -0.39 is 0 Å². The summed E-state index contributed by atoms with van der Waals surface area (Å²) in [7, 11) is 0. The summed E-state index contributed by atoms with van der Waals surface area (Å²) in [5, 5.41) is 6.12. The molecule has 0 saturated carbocycles. The highest BCUT2D eigenvalue weighted by Crippen LogP contribution is 2.33. The van der Waals surface area contributed by atoms with E-state index in [0.717, 1.165) is 17.0 Å². The molecule has 24 heavy (non-hydrogen) atoms. The van der Waals surface area contributed by atoms with Crippen LogP contribution in [-0.4, -0.2) is 17.2 Å². The first-order chi connectivity index (χ1) is 11.2. The Morgan fingerprint density at radius 2 is 2.04 bits per heavy atom. The number of hydrogen-bond acceptors (Lipinski definition) is 4. The van der Waals surface area contributed by atoms with E-state index in [0.29, 0.717) is 0 Å². The summed E-state index contributed by atoms with van der Waals surface area (Å²) in [6.45, 7) is 10.8. The van der Waals surface area contributed by atoms with Crippen LogP contribution in [0.3, 0.4) is 0 Å². The zero-order valence-corrected chi connectivity index (χ0v) is 15.8. The summed E-state index contributed by atoms with van der Waals surface area (Å²) in [6, 6.07) is 9.81. The lowest BCUT2D eigenvalue weighted by molar-refractivity contribution is -0.120. The van der Waals surface area contributed by atoms with Gasteiger partial charge in [-0.25, -0.2) is 0 Å². The van der Waals surface area contributed by atoms with Crippen molar-refractivity contribution in [3.05, 3.63) is 47.9 Å². The van der Waals surface area contributed by atoms with E-state index in [1.807, 2.05) is 36.9 Å². The Hall–Kier alpha value is -1.88. The van der Waals surface area contributed by atoms with Gasteiger partial charge in [-0.15, -0.1) is 11.8 Å². The fraction of sp³-hybridized carbons (Fsp3) is 0.421. The summed E-state index contributed by atoms with van der Waals surface area (Å²) < 4.78 is 5.48. The third-order valence-corrected chi connectivity index (χ3v) is 4.51. The molecule has 2 rings (SSSR count). The zero-order valence-electron chi connectivity index (χ0n) is 15.0. The second-order valence-electron chi connectivity index (χ2n) is 6.85. The summed E-state index contributed by atoms with van der Waals surface area (Å²) >= 11 is 1.84. The molecule has 0 aliphatic rings. The molecule has 5 heteroatoms. The molecule has 1 aromatic heterocycles. The molecule has 4 nitrogen and oxygen atoms in total. The Labute approximate surface area is 148 Å². The minimum atomic E-state index is -0.138. The summed E-state index contributed by atoms with van der Waals surface area (Å²) in [4.78, 5) is 13.3. The second-order valence-corrected chi connectivity index (χ2v) is 8.75. The van der Waals surface area contributed by atoms with E-state index in [1.165, 1.54) is 4.90 Å². The van der Waals surface area contributed by atoms with Crippen molar-refractivity contribution in [3.63, 3.8) is 0 Å². The van der Waals surface area contributed by atoms with Gasteiger partial charge in [0.2, 0.25) is 5.91 Å². The average Bonchev–Trinajstić information content (AvgIpc) is 2.99. The molecule has 0 spiro atoms. The first kappa shape index (κ1) is 18.5. The van der Waals surface area contributed by atoms with Crippen molar-refractivity contribution in [2.75, 3.05) is 11.9 Å². The maximum atomic E-state index is 12.1. The number of hydrogen-bond donors (Lipinski definition) is 2. The molecule has 0 fully saturated rings. The zero-order chi connectivity index (χ0) is 17.7. The number of rotatable bonds is 6. The van der Waals surface area contributed by atoms with Gasteiger partial charge in [0.25, 0.3) is 0 Å². The van der Waals surface area contributed by atoms with Crippen LogP contribution in [0.4, 0.5) is 5.69 Å². The number of furan rings is 1. The van der Waals surface area contributed by atoms with Crippen molar-refractivity contribution in [2.24, 2.45) is 0 Å². The molecule has 0 aliphatic carbocycles. The molecule has 1 aromatic carbocycles. The highest BCUT2D eigenvalue weighted by Gasteiger charge is 2.14. The molecule has 1 unspecified atom stereocenters.